The minimum Gasteiger partial charge on any atom is -0.366 e. The maximum Gasteiger partial charge on any atom is 0.249 e. The van der Waals surface area contributed by atoms with Gasteiger partial charge in [-0.3, -0.25) is 4.79 Å². The molecule has 2 atom stereocenters. The molecule has 0 aliphatic heterocycles. The summed E-state index contributed by atoms with van der Waals surface area (Å²) in [5.41, 5.74) is 7.03. The largest absolute Gasteiger partial charge is 0.366 e. The third kappa shape index (κ3) is 3.98. The minimum atomic E-state index is -0.344. The van der Waals surface area contributed by atoms with Crippen LogP contribution in [0.5, 0.6) is 0 Å². The zero-order valence-electron chi connectivity index (χ0n) is 11.4. The number of thioether (sulfide) groups is 1. The van der Waals surface area contributed by atoms with Gasteiger partial charge in [0, 0.05) is 23.4 Å². The SMILES string of the molecule is CSC1CCCC(NCc2ccccc2C(N)=O)C1. The Morgan fingerprint density at radius 2 is 2.21 bits per heavy atom. The van der Waals surface area contributed by atoms with Crippen LogP contribution in [-0.2, 0) is 6.54 Å². The average Bonchev–Trinajstić information content (AvgIpc) is 2.45. The molecule has 2 unspecified atom stereocenters. The van der Waals surface area contributed by atoms with Gasteiger partial charge >= 0.3 is 0 Å². The van der Waals surface area contributed by atoms with Crippen molar-refractivity contribution in [2.24, 2.45) is 5.73 Å². The van der Waals surface area contributed by atoms with Gasteiger partial charge in [-0.25, -0.2) is 0 Å². The fourth-order valence-corrected chi connectivity index (χ4v) is 3.54. The van der Waals surface area contributed by atoms with E-state index in [1.165, 1.54) is 25.7 Å². The van der Waals surface area contributed by atoms with Crippen LogP contribution in [0.15, 0.2) is 24.3 Å². The van der Waals surface area contributed by atoms with Crippen molar-refractivity contribution in [3.63, 3.8) is 0 Å². The van der Waals surface area contributed by atoms with E-state index in [2.05, 4.69) is 11.6 Å². The molecule has 0 radical (unpaired) electrons. The van der Waals surface area contributed by atoms with Crippen LogP contribution in [0, 0.1) is 0 Å². The molecule has 0 saturated heterocycles. The average molecular weight is 278 g/mol. The van der Waals surface area contributed by atoms with Gasteiger partial charge in [0.1, 0.15) is 0 Å². The van der Waals surface area contributed by atoms with E-state index >= 15 is 0 Å². The van der Waals surface area contributed by atoms with Crippen molar-refractivity contribution in [2.45, 2.75) is 43.5 Å². The highest BCUT2D eigenvalue weighted by atomic mass is 32.2. The Morgan fingerprint density at radius 3 is 2.95 bits per heavy atom. The highest BCUT2D eigenvalue weighted by Gasteiger charge is 2.21. The van der Waals surface area contributed by atoms with Crippen molar-refractivity contribution in [2.75, 3.05) is 6.26 Å². The molecule has 104 valence electrons. The Balaban J connectivity index is 1.93. The maximum absolute atomic E-state index is 11.4. The Labute approximate surface area is 119 Å². The summed E-state index contributed by atoms with van der Waals surface area (Å²) in [4.78, 5) is 11.4. The molecule has 2 rings (SSSR count). The van der Waals surface area contributed by atoms with Crippen molar-refractivity contribution < 1.29 is 4.79 Å². The van der Waals surface area contributed by atoms with Gasteiger partial charge in [0.15, 0.2) is 0 Å². The first-order chi connectivity index (χ1) is 9.20. The second-order valence-corrected chi connectivity index (χ2v) is 6.26. The molecule has 0 bridgehead atoms. The van der Waals surface area contributed by atoms with Gasteiger partial charge in [-0.2, -0.15) is 11.8 Å². The number of benzene rings is 1. The van der Waals surface area contributed by atoms with E-state index in [4.69, 9.17) is 5.73 Å². The molecule has 3 N–H and O–H groups in total. The van der Waals surface area contributed by atoms with Crippen LogP contribution in [0.4, 0.5) is 0 Å². The Kier molecular flexibility index (Phi) is 5.28. The third-order valence-electron chi connectivity index (χ3n) is 3.82. The van der Waals surface area contributed by atoms with Crippen LogP contribution in [0.1, 0.15) is 41.6 Å². The zero-order valence-corrected chi connectivity index (χ0v) is 12.2. The summed E-state index contributed by atoms with van der Waals surface area (Å²) in [5.74, 6) is -0.344. The molecule has 1 aromatic carbocycles. The smallest absolute Gasteiger partial charge is 0.249 e. The Bertz CT molecular complexity index is 436. The zero-order chi connectivity index (χ0) is 13.7. The van der Waals surface area contributed by atoms with Crippen molar-refractivity contribution in [3.8, 4) is 0 Å². The summed E-state index contributed by atoms with van der Waals surface area (Å²) in [6.07, 6.45) is 7.27. The van der Waals surface area contributed by atoms with E-state index in [9.17, 15) is 4.79 Å². The predicted molar refractivity (Wildman–Crippen MR) is 81.4 cm³/mol. The fraction of sp³-hybridized carbons (Fsp3) is 0.533. The number of carbonyl (C=O) groups is 1. The van der Waals surface area contributed by atoms with Gasteiger partial charge in [-0.1, -0.05) is 24.6 Å². The summed E-state index contributed by atoms with van der Waals surface area (Å²) < 4.78 is 0. The highest BCUT2D eigenvalue weighted by molar-refractivity contribution is 7.99. The van der Waals surface area contributed by atoms with Crippen molar-refractivity contribution in [1.29, 1.82) is 0 Å². The number of primary amides is 1. The number of rotatable bonds is 5. The number of nitrogens with two attached hydrogens (primary N) is 1. The molecule has 19 heavy (non-hydrogen) atoms. The van der Waals surface area contributed by atoms with Crippen LogP contribution in [0.25, 0.3) is 0 Å². The number of carbonyl (C=O) groups excluding carboxylic acids is 1. The highest BCUT2D eigenvalue weighted by Crippen LogP contribution is 2.27. The summed E-state index contributed by atoms with van der Waals surface area (Å²) >= 11 is 1.97. The van der Waals surface area contributed by atoms with Gasteiger partial charge in [0.2, 0.25) is 5.91 Å². The minimum absolute atomic E-state index is 0.344. The number of hydrogen-bond acceptors (Lipinski definition) is 3. The van der Waals surface area contributed by atoms with Crippen molar-refractivity contribution in [1.82, 2.24) is 5.32 Å². The van der Waals surface area contributed by atoms with Crippen LogP contribution in [0.3, 0.4) is 0 Å². The lowest BCUT2D eigenvalue weighted by atomic mass is 9.94. The molecule has 1 saturated carbocycles. The molecule has 3 nitrogen and oxygen atoms in total. The van der Waals surface area contributed by atoms with Crippen LogP contribution >= 0.6 is 11.8 Å². The standard InChI is InChI=1S/C15H22N2OS/c1-19-13-7-4-6-12(9-13)17-10-11-5-2-3-8-14(11)15(16)18/h2-3,5,8,12-13,17H,4,6-7,9-10H2,1H3,(H2,16,18). The molecule has 1 aliphatic rings. The second kappa shape index (κ2) is 6.96. The normalized spacial score (nSPS) is 23.2. The van der Waals surface area contributed by atoms with Crippen LogP contribution in [0.2, 0.25) is 0 Å². The molecular weight excluding hydrogens is 256 g/mol. The first-order valence-electron chi connectivity index (χ1n) is 6.84. The van der Waals surface area contributed by atoms with E-state index in [0.717, 1.165) is 17.4 Å². The number of hydrogen-bond donors (Lipinski definition) is 2. The molecule has 4 heteroatoms. The molecule has 1 aromatic rings. The van der Waals surface area contributed by atoms with E-state index in [0.29, 0.717) is 11.6 Å². The van der Waals surface area contributed by atoms with Gasteiger partial charge in [0.05, 0.1) is 0 Å². The van der Waals surface area contributed by atoms with Gasteiger partial charge in [0.25, 0.3) is 0 Å². The molecule has 0 spiro atoms. The summed E-state index contributed by atoms with van der Waals surface area (Å²) in [5, 5.41) is 4.35. The molecular formula is C15H22N2OS. The first kappa shape index (κ1) is 14.4. The van der Waals surface area contributed by atoms with Crippen molar-refractivity contribution in [3.05, 3.63) is 35.4 Å². The van der Waals surface area contributed by atoms with Crippen molar-refractivity contribution >= 4 is 17.7 Å². The topological polar surface area (TPSA) is 55.1 Å². The Hall–Kier alpha value is -1.00. The molecule has 0 heterocycles. The second-order valence-electron chi connectivity index (χ2n) is 5.12. The van der Waals surface area contributed by atoms with E-state index in [1.54, 1.807) is 6.07 Å². The van der Waals surface area contributed by atoms with Gasteiger partial charge < -0.3 is 11.1 Å². The summed E-state index contributed by atoms with van der Waals surface area (Å²) in [6, 6.07) is 8.14. The van der Waals surface area contributed by atoms with Crippen LogP contribution in [-0.4, -0.2) is 23.5 Å². The molecule has 1 aliphatic carbocycles. The third-order valence-corrected chi connectivity index (χ3v) is 4.92. The van der Waals surface area contributed by atoms with Crippen LogP contribution < -0.4 is 11.1 Å². The van der Waals surface area contributed by atoms with E-state index in [-0.39, 0.29) is 5.91 Å². The monoisotopic (exact) mass is 278 g/mol. The van der Waals surface area contributed by atoms with E-state index in [1.807, 2.05) is 30.0 Å². The molecule has 0 aromatic heterocycles. The van der Waals surface area contributed by atoms with E-state index < -0.39 is 0 Å². The fourth-order valence-electron chi connectivity index (χ4n) is 2.71. The predicted octanol–water partition coefficient (Wildman–Crippen LogP) is 2.55. The maximum atomic E-state index is 11.4. The lowest BCUT2D eigenvalue weighted by molar-refractivity contribution is 0.0999. The molecule has 1 fully saturated rings. The lowest BCUT2D eigenvalue weighted by Gasteiger charge is -2.29. The summed E-state index contributed by atoms with van der Waals surface area (Å²) in [7, 11) is 0. The molecule has 1 amide bonds. The van der Waals surface area contributed by atoms with Gasteiger partial charge in [-0.15, -0.1) is 0 Å². The number of amides is 1. The lowest BCUT2D eigenvalue weighted by Crippen LogP contribution is -2.35. The Morgan fingerprint density at radius 1 is 1.42 bits per heavy atom. The first-order valence-corrected chi connectivity index (χ1v) is 8.13. The number of nitrogens with one attached hydrogen (secondary N) is 1. The quantitative estimate of drug-likeness (QED) is 0.870. The van der Waals surface area contributed by atoms with Gasteiger partial charge in [-0.05, 0) is 37.1 Å². The summed E-state index contributed by atoms with van der Waals surface area (Å²) in [6.45, 7) is 0.727.